The van der Waals surface area contributed by atoms with Gasteiger partial charge in [-0.15, -0.1) is 0 Å². The minimum absolute atomic E-state index is 0.206. The third kappa shape index (κ3) is 1.95. The number of benzene rings is 1. The quantitative estimate of drug-likeness (QED) is 0.825. The van der Waals surface area contributed by atoms with Gasteiger partial charge >= 0.3 is 11.8 Å². The number of methoxy groups -OCH3 is 1. The van der Waals surface area contributed by atoms with Crippen LogP contribution in [-0.2, 0) is 4.74 Å². The van der Waals surface area contributed by atoms with Crippen LogP contribution in [0.4, 0.5) is 4.79 Å². The van der Waals surface area contributed by atoms with Gasteiger partial charge in [-0.1, -0.05) is 11.6 Å². The Labute approximate surface area is 153 Å². The molecule has 0 saturated carbocycles. The van der Waals surface area contributed by atoms with Gasteiger partial charge in [0.15, 0.2) is 0 Å². The van der Waals surface area contributed by atoms with E-state index in [0.717, 1.165) is 0 Å². The molecule has 0 spiro atoms. The van der Waals surface area contributed by atoms with Crippen LogP contribution >= 0.6 is 11.6 Å². The molecule has 0 aliphatic carbocycles. The van der Waals surface area contributed by atoms with Gasteiger partial charge in [0, 0.05) is 6.54 Å². The van der Waals surface area contributed by atoms with Crippen molar-refractivity contribution < 1.29 is 14.6 Å². The highest BCUT2D eigenvalue weighted by Gasteiger charge is 2.49. The van der Waals surface area contributed by atoms with Crippen LogP contribution in [-0.4, -0.2) is 38.9 Å². The van der Waals surface area contributed by atoms with Crippen LogP contribution in [0.5, 0.6) is 5.88 Å². The van der Waals surface area contributed by atoms with Crippen LogP contribution in [0.25, 0.3) is 5.69 Å². The number of rotatable bonds is 1. The third-order valence-electron chi connectivity index (χ3n) is 5.19. The summed E-state index contributed by atoms with van der Waals surface area (Å²) in [6.07, 6.45) is 0.0854. The second-order valence-corrected chi connectivity index (χ2v) is 6.79. The van der Waals surface area contributed by atoms with Gasteiger partial charge in [-0.25, -0.2) is 14.2 Å². The van der Waals surface area contributed by atoms with E-state index in [1.165, 1.54) is 27.2 Å². The van der Waals surface area contributed by atoms with Crippen LogP contribution in [0.1, 0.15) is 35.3 Å². The summed E-state index contributed by atoms with van der Waals surface area (Å²) in [7, 11) is 1.30. The normalized spacial score (nSPS) is 20.2. The van der Waals surface area contributed by atoms with Crippen LogP contribution in [0.15, 0.2) is 16.9 Å². The summed E-state index contributed by atoms with van der Waals surface area (Å²) in [6, 6.07) is 4.46. The maximum absolute atomic E-state index is 13.0. The molecule has 26 heavy (non-hydrogen) atoms. The number of nitrogens with zero attached hydrogens (tertiary/aromatic N) is 4. The molecule has 1 aromatic heterocycles. The molecule has 8 nitrogen and oxygen atoms in total. The molecular weight excluding hydrogens is 360 g/mol. The maximum Gasteiger partial charge on any atom is 0.410 e. The number of halogens is 1. The number of ether oxygens (including phenoxy) is 1. The van der Waals surface area contributed by atoms with E-state index in [1.807, 2.05) is 6.07 Å². The number of carbonyl (C=O) groups is 1. The van der Waals surface area contributed by atoms with Gasteiger partial charge in [0.05, 0.1) is 35.5 Å². The molecule has 1 saturated heterocycles. The van der Waals surface area contributed by atoms with E-state index in [0.29, 0.717) is 35.5 Å². The molecule has 2 aliphatic rings. The summed E-state index contributed by atoms with van der Waals surface area (Å²) in [5.74, 6) is -0.222. The van der Waals surface area contributed by atoms with Gasteiger partial charge in [0.1, 0.15) is 11.8 Å². The fourth-order valence-corrected chi connectivity index (χ4v) is 4.19. The van der Waals surface area contributed by atoms with Crippen molar-refractivity contribution in [2.24, 2.45) is 0 Å². The fourth-order valence-electron chi connectivity index (χ4n) is 3.99. The van der Waals surface area contributed by atoms with E-state index < -0.39 is 17.8 Å². The molecule has 3 heterocycles. The number of amides is 1. The lowest BCUT2D eigenvalue weighted by Crippen LogP contribution is -2.37. The Bertz CT molecular complexity index is 1050. The van der Waals surface area contributed by atoms with Crippen molar-refractivity contribution in [3.63, 3.8) is 0 Å². The smallest absolute Gasteiger partial charge is 0.410 e. The highest BCUT2D eigenvalue weighted by Crippen LogP contribution is 2.48. The summed E-state index contributed by atoms with van der Waals surface area (Å²) in [6.45, 7) is 2.04. The summed E-state index contributed by atoms with van der Waals surface area (Å²) in [4.78, 5) is 26.4. The van der Waals surface area contributed by atoms with Gasteiger partial charge in [-0.3, -0.25) is 9.47 Å². The molecule has 2 bridgehead atoms. The second-order valence-electron chi connectivity index (χ2n) is 6.41. The first-order valence-corrected chi connectivity index (χ1v) is 8.38. The molecule has 4 rings (SSSR count). The average Bonchev–Trinajstić information content (AvgIpc) is 3.29. The molecule has 134 valence electrons. The van der Waals surface area contributed by atoms with Crippen molar-refractivity contribution in [3.05, 3.63) is 44.5 Å². The topological polar surface area (TPSA) is 100 Å². The van der Waals surface area contributed by atoms with E-state index in [-0.39, 0.29) is 16.9 Å². The first-order chi connectivity index (χ1) is 12.4. The first kappa shape index (κ1) is 16.5. The number of aromatic hydroxyl groups is 1. The summed E-state index contributed by atoms with van der Waals surface area (Å²) in [5.41, 5.74) is 1.23. The molecule has 2 atom stereocenters. The zero-order chi connectivity index (χ0) is 18.7. The molecule has 1 amide bonds. The van der Waals surface area contributed by atoms with E-state index in [4.69, 9.17) is 21.6 Å². The number of likely N-dealkylation sites (tertiary alicyclic amines) is 1. The van der Waals surface area contributed by atoms with Gasteiger partial charge in [0.25, 0.3) is 0 Å². The van der Waals surface area contributed by atoms with Gasteiger partial charge in [0.2, 0.25) is 5.88 Å². The minimum Gasteiger partial charge on any atom is -0.493 e. The lowest BCUT2D eigenvalue weighted by Gasteiger charge is -2.26. The molecule has 2 aromatic rings. The number of aromatic nitrogens is 2. The van der Waals surface area contributed by atoms with Crippen molar-refractivity contribution in [1.82, 2.24) is 14.0 Å². The van der Waals surface area contributed by atoms with Crippen LogP contribution in [0, 0.1) is 18.3 Å². The number of nitriles is 1. The van der Waals surface area contributed by atoms with Crippen molar-refractivity contribution in [2.75, 3.05) is 13.7 Å². The Morgan fingerprint density at radius 2 is 2.19 bits per heavy atom. The van der Waals surface area contributed by atoms with E-state index in [1.54, 1.807) is 13.0 Å². The number of hydrogen-bond donors (Lipinski definition) is 1. The van der Waals surface area contributed by atoms with Crippen LogP contribution < -0.4 is 5.69 Å². The van der Waals surface area contributed by atoms with Gasteiger partial charge in [-0.2, -0.15) is 5.26 Å². The predicted octanol–water partition coefficient (Wildman–Crippen LogP) is 2.25. The van der Waals surface area contributed by atoms with Gasteiger partial charge in [-0.05, 0) is 31.0 Å². The monoisotopic (exact) mass is 374 g/mol. The Morgan fingerprint density at radius 3 is 2.85 bits per heavy atom. The van der Waals surface area contributed by atoms with E-state index in [9.17, 15) is 14.7 Å². The fraction of sp³-hybridized carbons (Fsp3) is 0.353. The summed E-state index contributed by atoms with van der Waals surface area (Å²) < 4.78 is 7.50. The van der Waals surface area contributed by atoms with Crippen LogP contribution in [0.2, 0.25) is 5.02 Å². The molecule has 2 unspecified atom stereocenters. The first-order valence-electron chi connectivity index (χ1n) is 8.01. The van der Waals surface area contributed by atoms with E-state index >= 15 is 0 Å². The largest absolute Gasteiger partial charge is 0.493 e. The van der Waals surface area contributed by atoms with Crippen LogP contribution in [0.3, 0.4) is 0 Å². The second kappa shape index (κ2) is 5.54. The zero-order valence-electron chi connectivity index (χ0n) is 14.1. The molecule has 1 fully saturated rings. The Balaban J connectivity index is 1.89. The highest BCUT2D eigenvalue weighted by atomic mass is 35.5. The zero-order valence-corrected chi connectivity index (χ0v) is 14.8. The van der Waals surface area contributed by atoms with Crippen molar-refractivity contribution in [1.29, 1.82) is 5.26 Å². The summed E-state index contributed by atoms with van der Waals surface area (Å²) >= 11 is 6.21. The van der Waals surface area contributed by atoms with Crippen molar-refractivity contribution >= 4 is 17.7 Å². The lowest BCUT2D eigenvalue weighted by molar-refractivity contribution is 0.112. The Morgan fingerprint density at radius 1 is 1.46 bits per heavy atom. The molecule has 1 N–H and O–H groups in total. The molecule has 2 aliphatic heterocycles. The average molecular weight is 375 g/mol. The predicted molar refractivity (Wildman–Crippen MR) is 91.7 cm³/mol. The van der Waals surface area contributed by atoms with Crippen molar-refractivity contribution in [2.45, 2.75) is 25.4 Å². The number of imidazole rings is 1. The minimum atomic E-state index is -0.485. The molecule has 0 radical (unpaired) electrons. The third-order valence-corrected chi connectivity index (χ3v) is 5.67. The Kier molecular flexibility index (Phi) is 3.53. The Hall–Kier alpha value is -2.92. The number of hydrogen-bond acceptors (Lipinski definition) is 5. The lowest BCUT2D eigenvalue weighted by atomic mass is 10.1. The van der Waals surface area contributed by atoms with Crippen molar-refractivity contribution in [3.8, 4) is 17.6 Å². The maximum atomic E-state index is 13.0. The standard InChI is InChI=1S/C17H15ClN4O4/c1-8-11(4-3-9(6-19)13(8)18)22-15(23)14-12-5-10(21(14)16(22)24)7-20(12)17(25)26-2/h3-4,10,12,23H,5,7H2,1-2H3. The highest BCUT2D eigenvalue weighted by molar-refractivity contribution is 6.32. The van der Waals surface area contributed by atoms with Gasteiger partial charge < -0.3 is 9.84 Å². The SMILES string of the molecule is COC(=O)N1CC2CC1c1c(O)n(-c3ccc(C#N)c(Cl)c3C)c(=O)n12. The molecule has 9 heteroatoms. The van der Waals surface area contributed by atoms with E-state index in [2.05, 4.69) is 0 Å². The summed E-state index contributed by atoms with van der Waals surface area (Å²) in [5, 5.41) is 20.1. The number of carbonyl (C=O) groups excluding carboxylic acids is 1. The molecular formula is C17H15ClN4O4. The number of fused-ring (bicyclic) bond motifs is 5. The molecule has 1 aromatic carbocycles.